The van der Waals surface area contributed by atoms with Crippen LogP contribution in [0.3, 0.4) is 0 Å². The summed E-state index contributed by atoms with van der Waals surface area (Å²) in [5.74, 6) is -5.28. The highest BCUT2D eigenvalue weighted by atomic mass is 16.4. The molecule has 0 saturated heterocycles. The molecule has 7 atom stereocenters. The molecular weight excluding hydrogens is 662 g/mol. The Kier molecular flexibility index (Phi) is 19.2. The number of carbonyl (C=O) groups is 6. The smallest absolute Gasteiger partial charge is 0.326 e. The SMILES string of the molecule is CC(C)C[C@H](NC(=O)[C@@H](NC(=O)[C@H](CC(C)C)NC(=O)[C@@H](N)Cc1ccccc1)[C@@H](C)O)C(=O)N[C@@H](C)C(=O)N[C@@H](CCCN=C(N)N)C(=O)O. The molecule has 0 radical (unpaired) electrons. The number of aliphatic hydroxyl groups is 1. The van der Waals surface area contributed by atoms with Gasteiger partial charge in [-0.2, -0.15) is 0 Å². The highest BCUT2D eigenvalue weighted by molar-refractivity contribution is 5.96. The predicted molar refractivity (Wildman–Crippen MR) is 192 cm³/mol. The van der Waals surface area contributed by atoms with Gasteiger partial charge in [-0.15, -0.1) is 0 Å². The molecule has 1 aromatic carbocycles. The van der Waals surface area contributed by atoms with E-state index in [1.54, 1.807) is 13.8 Å². The van der Waals surface area contributed by atoms with Gasteiger partial charge < -0.3 is 54.0 Å². The van der Waals surface area contributed by atoms with Crippen LogP contribution in [-0.2, 0) is 35.2 Å². The predicted octanol–water partition coefficient (Wildman–Crippen LogP) is -1.39. The Labute approximate surface area is 299 Å². The molecule has 1 aromatic rings. The van der Waals surface area contributed by atoms with Gasteiger partial charge in [-0.3, -0.25) is 29.0 Å². The second-order valence-electron chi connectivity index (χ2n) is 13.5. The molecule has 1 rings (SSSR count). The standard InChI is InChI=1S/C34H57N9O8/c1-18(2)15-25(30(47)39-20(5)28(45)40-24(33(50)51)13-10-14-38-34(36)37)42-32(49)27(21(6)44)43-31(48)26(16-19(3)4)41-29(46)23(35)17-22-11-8-7-9-12-22/h7-9,11-12,18-21,23-27,44H,10,13-17,35H2,1-6H3,(H,39,47)(H,40,45)(H,41,46)(H,42,49)(H,43,48)(H,50,51)(H4,36,37,38)/t20-,21+,23-,24-,25-,26-,27-/m0/s1. The molecule has 0 saturated carbocycles. The first kappa shape index (κ1) is 44.3. The van der Waals surface area contributed by atoms with E-state index in [-0.39, 0.29) is 56.4 Å². The Bertz CT molecular complexity index is 1340. The maximum absolute atomic E-state index is 13.5. The third kappa shape index (κ3) is 17.1. The minimum Gasteiger partial charge on any atom is -0.480 e. The average molecular weight is 720 g/mol. The van der Waals surface area contributed by atoms with Crippen molar-refractivity contribution in [1.29, 1.82) is 0 Å². The van der Waals surface area contributed by atoms with Crippen LogP contribution in [-0.4, -0.2) is 101 Å². The lowest BCUT2D eigenvalue weighted by Crippen LogP contribution is -2.61. The number of carboxylic acid groups (broad SMARTS) is 1. The van der Waals surface area contributed by atoms with Gasteiger partial charge in [0, 0.05) is 6.54 Å². The van der Waals surface area contributed by atoms with Gasteiger partial charge in [0.25, 0.3) is 0 Å². The molecule has 0 bridgehead atoms. The lowest BCUT2D eigenvalue weighted by molar-refractivity contribution is -0.142. The number of aliphatic imine (C=N–C) groups is 1. The molecule has 0 fully saturated rings. The Hall–Kier alpha value is -4.77. The Balaban J connectivity index is 3.00. The minimum atomic E-state index is -1.51. The fourth-order valence-electron chi connectivity index (χ4n) is 5.00. The second kappa shape index (κ2) is 22.1. The maximum atomic E-state index is 13.5. The largest absolute Gasteiger partial charge is 0.480 e. The Morgan fingerprint density at radius 1 is 0.706 bits per heavy atom. The summed E-state index contributed by atoms with van der Waals surface area (Å²) in [6, 6.07) is 1.95. The van der Waals surface area contributed by atoms with Gasteiger partial charge in [-0.05, 0) is 63.4 Å². The van der Waals surface area contributed by atoms with E-state index in [0.717, 1.165) is 5.56 Å². The number of rotatable bonds is 22. The minimum absolute atomic E-state index is 0.0270. The van der Waals surface area contributed by atoms with E-state index in [0.29, 0.717) is 0 Å². The molecule has 17 heteroatoms. The molecule has 0 unspecified atom stereocenters. The van der Waals surface area contributed by atoms with Crippen molar-refractivity contribution in [2.24, 2.45) is 34.0 Å². The van der Waals surface area contributed by atoms with Crippen LogP contribution in [0.2, 0.25) is 0 Å². The topological polar surface area (TPSA) is 293 Å². The van der Waals surface area contributed by atoms with Crippen molar-refractivity contribution in [3.63, 3.8) is 0 Å². The van der Waals surface area contributed by atoms with Crippen molar-refractivity contribution in [2.75, 3.05) is 6.54 Å². The average Bonchev–Trinajstić information content (AvgIpc) is 3.03. The van der Waals surface area contributed by atoms with E-state index in [9.17, 15) is 39.0 Å². The normalized spacial score (nSPS) is 15.3. The monoisotopic (exact) mass is 719 g/mol. The number of nitrogens with one attached hydrogen (secondary N) is 5. The van der Waals surface area contributed by atoms with E-state index < -0.39 is 77.9 Å². The van der Waals surface area contributed by atoms with Crippen molar-refractivity contribution in [3.05, 3.63) is 35.9 Å². The number of nitrogens with zero attached hydrogens (tertiary/aromatic N) is 1. The number of aliphatic carboxylic acids is 1. The Morgan fingerprint density at radius 3 is 1.71 bits per heavy atom. The van der Waals surface area contributed by atoms with Gasteiger partial charge in [0.05, 0.1) is 12.1 Å². The zero-order valence-electron chi connectivity index (χ0n) is 30.3. The van der Waals surface area contributed by atoms with Gasteiger partial charge >= 0.3 is 5.97 Å². The highest BCUT2D eigenvalue weighted by Crippen LogP contribution is 2.10. The van der Waals surface area contributed by atoms with Crippen LogP contribution in [0.1, 0.15) is 72.8 Å². The van der Waals surface area contributed by atoms with Gasteiger partial charge in [0.1, 0.15) is 30.2 Å². The Morgan fingerprint density at radius 2 is 1.22 bits per heavy atom. The van der Waals surface area contributed by atoms with Crippen LogP contribution in [0.4, 0.5) is 0 Å². The van der Waals surface area contributed by atoms with E-state index in [1.807, 2.05) is 44.2 Å². The quantitative estimate of drug-likeness (QED) is 0.0378. The molecular formula is C34H57N9O8. The van der Waals surface area contributed by atoms with Crippen LogP contribution < -0.4 is 43.8 Å². The molecule has 5 amide bonds. The van der Waals surface area contributed by atoms with Crippen molar-refractivity contribution < 1.29 is 39.0 Å². The highest BCUT2D eigenvalue weighted by Gasteiger charge is 2.34. The summed E-state index contributed by atoms with van der Waals surface area (Å²) in [5.41, 5.74) is 17.5. The van der Waals surface area contributed by atoms with Gasteiger partial charge in [0.2, 0.25) is 29.5 Å². The summed E-state index contributed by atoms with van der Waals surface area (Å²) in [6.07, 6.45) is -0.536. The third-order valence-electron chi connectivity index (χ3n) is 7.69. The summed E-state index contributed by atoms with van der Waals surface area (Å²) < 4.78 is 0. The molecule has 51 heavy (non-hydrogen) atoms. The summed E-state index contributed by atoms with van der Waals surface area (Å²) in [6.45, 7) is 10.1. The molecule has 0 aromatic heterocycles. The van der Waals surface area contributed by atoms with Crippen LogP contribution in [0, 0.1) is 11.8 Å². The number of hydrogen-bond donors (Lipinski definition) is 10. The second-order valence-corrected chi connectivity index (χ2v) is 13.5. The van der Waals surface area contributed by atoms with Crippen LogP contribution >= 0.6 is 0 Å². The fourth-order valence-corrected chi connectivity index (χ4v) is 5.00. The van der Waals surface area contributed by atoms with Gasteiger partial charge in [-0.1, -0.05) is 58.0 Å². The van der Waals surface area contributed by atoms with Crippen molar-refractivity contribution in [1.82, 2.24) is 26.6 Å². The molecule has 0 heterocycles. The number of hydrogen-bond acceptors (Lipinski definition) is 9. The first-order chi connectivity index (χ1) is 23.8. The molecule has 0 spiro atoms. The summed E-state index contributed by atoms with van der Waals surface area (Å²) in [4.78, 5) is 81.5. The number of guanidine groups is 1. The van der Waals surface area contributed by atoms with Crippen molar-refractivity contribution >= 4 is 41.5 Å². The third-order valence-corrected chi connectivity index (χ3v) is 7.69. The number of aliphatic hydroxyl groups excluding tert-OH is 1. The molecule has 286 valence electrons. The molecule has 0 aliphatic carbocycles. The van der Waals surface area contributed by atoms with Gasteiger partial charge in [-0.25, -0.2) is 4.79 Å². The lowest BCUT2D eigenvalue weighted by Gasteiger charge is -2.28. The van der Waals surface area contributed by atoms with Crippen molar-refractivity contribution in [3.8, 4) is 0 Å². The molecule has 17 nitrogen and oxygen atoms in total. The first-order valence-electron chi connectivity index (χ1n) is 17.1. The summed E-state index contributed by atoms with van der Waals surface area (Å²) in [5, 5.41) is 32.6. The van der Waals surface area contributed by atoms with E-state index in [2.05, 4.69) is 31.6 Å². The maximum Gasteiger partial charge on any atom is 0.326 e. The number of carboxylic acids is 1. The first-order valence-corrected chi connectivity index (χ1v) is 17.1. The summed E-state index contributed by atoms with van der Waals surface area (Å²) in [7, 11) is 0. The number of benzene rings is 1. The van der Waals surface area contributed by atoms with Gasteiger partial charge in [0.15, 0.2) is 5.96 Å². The molecule has 0 aliphatic heterocycles. The number of nitrogens with two attached hydrogens (primary N) is 3. The van der Waals surface area contributed by atoms with E-state index in [4.69, 9.17) is 17.2 Å². The number of carbonyl (C=O) groups excluding carboxylic acids is 5. The molecule has 0 aliphatic rings. The number of amides is 5. The summed E-state index contributed by atoms with van der Waals surface area (Å²) >= 11 is 0. The van der Waals surface area contributed by atoms with Crippen molar-refractivity contribution in [2.45, 2.75) is 116 Å². The van der Waals surface area contributed by atoms with Crippen LogP contribution in [0.15, 0.2) is 35.3 Å². The van der Waals surface area contributed by atoms with E-state index >= 15 is 0 Å². The molecule has 13 N–H and O–H groups in total. The lowest BCUT2D eigenvalue weighted by atomic mass is 10.00. The van der Waals surface area contributed by atoms with Crippen LogP contribution in [0.5, 0.6) is 0 Å². The zero-order chi connectivity index (χ0) is 38.8. The van der Waals surface area contributed by atoms with E-state index in [1.165, 1.54) is 13.8 Å². The fraction of sp³-hybridized carbons (Fsp3) is 0.618. The van der Waals surface area contributed by atoms with Crippen LogP contribution in [0.25, 0.3) is 0 Å². The zero-order valence-corrected chi connectivity index (χ0v) is 30.3.